The van der Waals surface area contributed by atoms with Crippen molar-refractivity contribution in [2.24, 2.45) is 0 Å². The maximum Gasteiger partial charge on any atom is 0.0161 e. The smallest absolute Gasteiger partial charge is 0.0161 e. The standard InChI is InChI=1S/C17H14IN/c19-18-10-14-5-2-1-4-12-8-9-13-6-3-7-15(11-18)17(13)16(12)14/h1-9,11,14,19H,10H2/t14-/m1/s1. The van der Waals surface area contributed by atoms with Gasteiger partial charge in [0.1, 0.15) is 0 Å². The molecule has 0 saturated carbocycles. The van der Waals surface area contributed by atoms with Crippen LogP contribution in [-0.2, 0) is 0 Å². The highest BCUT2D eigenvalue weighted by molar-refractivity contribution is 14.2. The number of benzene rings is 2. The van der Waals surface area contributed by atoms with Crippen LogP contribution in [-0.4, -0.2) is 8.44 Å². The minimum atomic E-state index is -1.71. The second-order valence-electron chi connectivity index (χ2n) is 5.02. The summed E-state index contributed by atoms with van der Waals surface area (Å²) in [6.07, 6.45) is 8.77. The fourth-order valence-corrected chi connectivity index (χ4v) is 6.38. The van der Waals surface area contributed by atoms with Crippen molar-refractivity contribution in [1.82, 2.24) is 0 Å². The zero-order valence-electron chi connectivity index (χ0n) is 10.4. The number of halogens is 1. The maximum absolute atomic E-state index is 8.40. The molecular weight excluding hydrogens is 345 g/mol. The van der Waals surface area contributed by atoms with E-state index in [2.05, 4.69) is 58.6 Å². The average Bonchev–Trinajstić information content (AvgIpc) is 2.68. The lowest BCUT2D eigenvalue weighted by molar-refractivity contribution is 1.01. The fraction of sp³-hybridized carbons (Fsp3) is 0.118. The summed E-state index contributed by atoms with van der Waals surface area (Å²) in [6, 6.07) is 10.9. The van der Waals surface area contributed by atoms with Crippen molar-refractivity contribution >= 4 is 40.0 Å². The Labute approximate surface area is 119 Å². The number of rotatable bonds is 0. The van der Waals surface area contributed by atoms with Gasteiger partial charge in [0.05, 0.1) is 0 Å². The molecule has 1 N–H and O–H groups in total. The van der Waals surface area contributed by atoms with Crippen molar-refractivity contribution in [1.29, 1.82) is 3.56 Å². The van der Waals surface area contributed by atoms with E-state index in [9.17, 15) is 0 Å². The monoisotopic (exact) mass is 359 g/mol. The first-order valence-electron chi connectivity index (χ1n) is 6.44. The van der Waals surface area contributed by atoms with Gasteiger partial charge in [-0.1, -0.05) is 73.8 Å². The summed E-state index contributed by atoms with van der Waals surface area (Å²) in [4.78, 5) is 0. The molecule has 2 aromatic rings. The van der Waals surface area contributed by atoms with E-state index >= 15 is 0 Å². The molecule has 0 spiro atoms. The largest absolute Gasteiger partial charge is 0.284 e. The molecule has 0 fully saturated rings. The van der Waals surface area contributed by atoms with Gasteiger partial charge in [0.25, 0.3) is 0 Å². The SMILES string of the molecule is N=I1=Cc2cccc3ccc4c(c23)[C@H](C=CC=C4)C1. The lowest BCUT2D eigenvalue weighted by Crippen LogP contribution is -2.00. The highest BCUT2D eigenvalue weighted by atomic mass is 127. The van der Waals surface area contributed by atoms with E-state index in [1.165, 1.54) is 27.5 Å². The highest BCUT2D eigenvalue weighted by Crippen LogP contribution is 2.39. The molecule has 1 aliphatic carbocycles. The van der Waals surface area contributed by atoms with Gasteiger partial charge in [-0.05, 0) is 31.5 Å². The summed E-state index contributed by atoms with van der Waals surface area (Å²) in [5.41, 5.74) is 4.07. The molecule has 2 heteroatoms. The zero-order chi connectivity index (χ0) is 12.8. The molecule has 0 aromatic heterocycles. The molecule has 19 heavy (non-hydrogen) atoms. The molecule has 1 aliphatic heterocycles. The molecular formula is C17H14IN. The quantitative estimate of drug-likeness (QED) is 0.509. The summed E-state index contributed by atoms with van der Waals surface area (Å²) in [6.45, 7) is 0. The fourth-order valence-electron chi connectivity index (χ4n) is 3.04. The molecule has 0 bridgehead atoms. The molecule has 1 heterocycles. The van der Waals surface area contributed by atoms with E-state index in [0.29, 0.717) is 5.92 Å². The first-order chi connectivity index (χ1) is 9.33. The molecule has 1 atom stereocenters. The van der Waals surface area contributed by atoms with E-state index in [0.717, 1.165) is 4.43 Å². The minimum absolute atomic E-state index is 0.427. The predicted molar refractivity (Wildman–Crippen MR) is 91.6 cm³/mol. The van der Waals surface area contributed by atoms with Gasteiger partial charge >= 0.3 is 0 Å². The highest BCUT2D eigenvalue weighted by Gasteiger charge is 2.20. The van der Waals surface area contributed by atoms with Crippen LogP contribution in [0.4, 0.5) is 0 Å². The third-order valence-electron chi connectivity index (χ3n) is 3.83. The summed E-state index contributed by atoms with van der Waals surface area (Å²) in [5.74, 6) is 0.427. The van der Waals surface area contributed by atoms with Crippen LogP contribution in [0.15, 0.2) is 48.6 Å². The van der Waals surface area contributed by atoms with Crippen LogP contribution in [0.3, 0.4) is 0 Å². The molecule has 2 aromatic carbocycles. The van der Waals surface area contributed by atoms with E-state index in [1.54, 1.807) is 0 Å². The molecule has 0 saturated heterocycles. The summed E-state index contributed by atoms with van der Waals surface area (Å²) in [5, 5.41) is 2.70. The topological polar surface area (TPSA) is 23.9 Å². The van der Waals surface area contributed by atoms with Gasteiger partial charge in [-0.15, -0.1) is 0 Å². The molecule has 0 radical (unpaired) electrons. The molecule has 94 valence electrons. The Morgan fingerprint density at radius 3 is 2.95 bits per heavy atom. The van der Waals surface area contributed by atoms with Crippen molar-refractivity contribution < 1.29 is 0 Å². The molecule has 1 nitrogen and oxygen atoms in total. The maximum atomic E-state index is 8.40. The molecule has 0 unspecified atom stereocenters. The van der Waals surface area contributed by atoms with Crippen LogP contribution >= 0.6 is 19.2 Å². The third kappa shape index (κ3) is 1.77. The lowest BCUT2D eigenvalue weighted by atomic mass is 9.88. The summed E-state index contributed by atoms with van der Waals surface area (Å²) >= 11 is -1.71. The van der Waals surface area contributed by atoms with Crippen LogP contribution in [0.1, 0.15) is 22.6 Å². The number of allylic oxidation sites excluding steroid dienone is 3. The van der Waals surface area contributed by atoms with Crippen LogP contribution in [0.5, 0.6) is 0 Å². The Morgan fingerprint density at radius 2 is 2.00 bits per heavy atom. The van der Waals surface area contributed by atoms with E-state index < -0.39 is 19.2 Å². The van der Waals surface area contributed by atoms with Crippen molar-refractivity contribution in [3.8, 4) is 0 Å². The van der Waals surface area contributed by atoms with Gasteiger partial charge < -0.3 is 0 Å². The first-order valence-corrected chi connectivity index (χ1v) is 10.3. The Kier molecular flexibility index (Phi) is 2.58. The lowest BCUT2D eigenvalue weighted by Gasteiger charge is -2.16. The second kappa shape index (κ2) is 4.30. The molecule has 4 rings (SSSR count). The van der Waals surface area contributed by atoms with Crippen molar-refractivity contribution in [3.63, 3.8) is 0 Å². The minimum Gasteiger partial charge on any atom is -0.284 e. The van der Waals surface area contributed by atoms with E-state index in [-0.39, 0.29) is 0 Å². The van der Waals surface area contributed by atoms with Gasteiger partial charge in [-0.3, -0.25) is 3.56 Å². The van der Waals surface area contributed by atoms with E-state index in [1.807, 2.05) is 0 Å². The van der Waals surface area contributed by atoms with E-state index in [4.69, 9.17) is 3.56 Å². The average molecular weight is 359 g/mol. The third-order valence-corrected chi connectivity index (χ3v) is 7.16. The number of hydrogen-bond donors (Lipinski definition) is 1. The zero-order valence-corrected chi connectivity index (χ0v) is 12.6. The molecule has 2 aliphatic rings. The van der Waals surface area contributed by atoms with Crippen LogP contribution in [0.2, 0.25) is 0 Å². The normalized spacial score (nSPS) is 20.9. The number of nitrogens with one attached hydrogen (secondary N) is 1. The summed E-state index contributed by atoms with van der Waals surface area (Å²) < 4.78 is 11.7. The van der Waals surface area contributed by atoms with Crippen molar-refractivity contribution in [2.75, 3.05) is 4.43 Å². The first kappa shape index (κ1) is 11.4. The van der Waals surface area contributed by atoms with Crippen molar-refractivity contribution in [3.05, 3.63) is 65.3 Å². The molecule has 0 amide bonds. The van der Waals surface area contributed by atoms with Gasteiger partial charge in [0.15, 0.2) is 0 Å². The number of alkyl halides is 1. The Hall–Kier alpha value is -1.42. The van der Waals surface area contributed by atoms with Crippen LogP contribution < -0.4 is 0 Å². The predicted octanol–water partition coefficient (Wildman–Crippen LogP) is 4.94. The Morgan fingerprint density at radius 1 is 1.05 bits per heavy atom. The van der Waals surface area contributed by atoms with Crippen LogP contribution in [0.25, 0.3) is 16.8 Å². The summed E-state index contributed by atoms with van der Waals surface area (Å²) in [7, 11) is 0. The number of hydrogen-bond acceptors (Lipinski definition) is 1. The van der Waals surface area contributed by atoms with Gasteiger partial charge in [0, 0.05) is 10.3 Å². The van der Waals surface area contributed by atoms with Gasteiger partial charge in [-0.2, -0.15) is 0 Å². The van der Waals surface area contributed by atoms with Crippen molar-refractivity contribution in [2.45, 2.75) is 5.92 Å². The van der Waals surface area contributed by atoms with Gasteiger partial charge in [-0.25, -0.2) is 0 Å². The Bertz CT molecular complexity index is 821. The van der Waals surface area contributed by atoms with Crippen LogP contribution in [0, 0.1) is 3.56 Å². The Balaban J connectivity index is 2.24. The van der Waals surface area contributed by atoms with Gasteiger partial charge in [0.2, 0.25) is 0 Å². The second-order valence-corrected chi connectivity index (χ2v) is 8.79.